The normalized spacial score (nSPS) is 43.1. The molecule has 0 aromatic heterocycles. The van der Waals surface area contributed by atoms with Crippen LogP contribution in [0.5, 0.6) is 0 Å². The van der Waals surface area contributed by atoms with Gasteiger partial charge in [-0.1, -0.05) is 31.2 Å². The van der Waals surface area contributed by atoms with Crippen LogP contribution in [0, 0.1) is 12.3 Å². The molecule has 0 spiro atoms. The number of hydrogen-bond donors (Lipinski definition) is 0. The summed E-state index contributed by atoms with van der Waals surface area (Å²) in [6.07, 6.45) is 2.72. The monoisotopic (exact) mass is 243 g/mol. The Bertz CT molecular complexity index is 453. The quantitative estimate of drug-likeness (QED) is 0.721. The van der Waals surface area contributed by atoms with Gasteiger partial charge in [-0.15, -0.1) is 0 Å². The van der Waals surface area contributed by atoms with E-state index in [1.807, 2.05) is 0 Å². The van der Waals surface area contributed by atoms with Crippen LogP contribution in [0.4, 0.5) is 0 Å². The molecule has 18 heavy (non-hydrogen) atoms. The second-order valence-corrected chi connectivity index (χ2v) is 6.77. The number of benzene rings is 1. The second-order valence-electron chi connectivity index (χ2n) is 6.77. The lowest BCUT2D eigenvalue weighted by Crippen LogP contribution is -2.60. The van der Waals surface area contributed by atoms with E-state index in [0.29, 0.717) is 17.4 Å². The molecule has 0 amide bonds. The Kier molecular flexibility index (Phi) is 2.78. The van der Waals surface area contributed by atoms with Crippen LogP contribution in [0.2, 0.25) is 0 Å². The van der Waals surface area contributed by atoms with E-state index in [2.05, 4.69) is 56.9 Å². The largest absolute Gasteiger partial charge is 0.297 e. The summed E-state index contributed by atoms with van der Waals surface area (Å²) in [4.78, 5) is 2.72. The average Bonchev–Trinajstić information content (AvgIpc) is 2.30. The number of aryl methyl sites for hydroxylation is 1. The third-order valence-electron chi connectivity index (χ3n) is 5.55. The minimum Gasteiger partial charge on any atom is -0.297 e. The molecule has 1 aromatic carbocycles. The zero-order chi connectivity index (χ0) is 12.9. The van der Waals surface area contributed by atoms with Crippen LogP contribution in [0.25, 0.3) is 0 Å². The molecule has 1 aromatic rings. The van der Waals surface area contributed by atoms with E-state index in [4.69, 9.17) is 0 Å². The van der Waals surface area contributed by atoms with Crippen LogP contribution in [-0.2, 0) is 0 Å². The summed E-state index contributed by atoms with van der Waals surface area (Å²) in [6.45, 7) is 10.9. The van der Waals surface area contributed by atoms with Gasteiger partial charge in [0.05, 0.1) is 0 Å². The van der Waals surface area contributed by atoms with Crippen molar-refractivity contribution in [2.75, 3.05) is 6.54 Å². The molecule has 3 aliphatic heterocycles. The van der Waals surface area contributed by atoms with E-state index in [-0.39, 0.29) is 0 Å². The summed E-state index contributed by atoms with van der Waals surface area (Å²) in [7, 11) is 0. The molecule has 4 rings (SSSR count). The maximum absolute atomic E-state index is 2.72. The highest BCUT2D eigenvalue weighted by molar-refractivity contribution is 5.33. The van der Waals surface area contributed by atoms with Gasteiger partial charge in [0.2, 0.25) is 0 Å². The van der Waals surface area contributed by atoms with Crippen molar-refractivity contribution in [2.45, 2.75) is 58.5 Å². The van der Waals surface area contributed by atoms with Crippen molar-refractivity contribution < 1.29 is 0 Å². The summed E-state index contributed by atoms with van der Waals surface area (Å²) in [6, 6.07) is 10.4. The Morgan fingerprint density at radius 2 is 1.94 bits per heavy atom. The van der Waals surface area contributed by atoms with Gasteiger partial charge in [-0.2, -0.15) is 0 Å². The smallest absolute Gasteiger partial charge is 0.0144 e. The molecule has 98 valence electrons. The Labute approximate surface area is 111 Å². The van der Waals surface area contributed by atoms with Crippen molar-refractivity contribution in [3.63, 3.8) is 0 Å². The van der Waals surface area contributed by atoms with Crippen LogP contribution >= 0.6 is 0 Å². The summed E-state index contributed by atoms with van der Waals surface area (Å²) < 4.78 is 0. The maximum atomic E-state index is 2.72. The number of nitrogens with zero attached hydrogens (tertiary/aromatic N) is 1. The zero-order valence-corrected chi connectivity index (χ0v) is 12.1. The molecular formula is C17H25N. The van der Waals surface area contributed by atoms with Gasteiger partial charge in [-0.3, -0.25) is 4.90 Å². The van der Waals surface area contributed by atoms with E-state index in [1.165, 1.54) is 24.9 Å². The first-order chi connectivity index (χ1) is 8.53. The van der Waals surface area contributed by atoms with Gasteiger partial charge >= 0.3 is 0 Å². The highest BCUT2D eigenvalue weighted by Gasteiger charge is 2.51. The molecule has 5 atom stereocenters. The average molecular weight is 243 g/mol. The molecule has 2 bridgehead atoms. The molecule has 3 heterocycles. The van der Waals surface area contributed by atoms with E-state index >= 15 is 0 Å². The zero-order valence-electron chi connectivity index (χ0n) is 12.1. The van der Waals surface area contributed by atoms with Gasteiger partial charge in [0, 0.05) is 18.0 Å². The SMILES string of the molecule is Cc1ccccc1C1C(C)N2CCC1(C)CC2C. The summed E-state index contributed by atoms with van der Waals surface area (Å²) in [5.41, 5.74) is 3.56. The number of hydrogen-bond acceptors (Lipinski definition) is 1. The third-order valence-corrected chi connectivity index (χ3v) is 5.55. The van der Waals surface area contributed by atoms with Crippen molar-refractivity contribution in [3.8, 4) is 0 Å². The van der Waals surface area contributed by atoms with Gasteiger partial charge in [0.25, 0.3) is 0 Å². The van der Waals surface area contributed by atoms with Crippen molar-refractivity contribution >= 4 is 0 Å². The van der Waals surface area contributed by atoms with Crippen LogP contribution in [-0.4, -0.2) is 23.5 Å². The Morgan fingerprint density at radius 3 is 2.56 bits per heavy atom. The predicted octanol–water partition coefficient (Wildman–Crippen LogP) is 3.97. The molecule has 1 nitrogen and oxygen atoms in total. The fourth-order valence-electron chi connectivity index (χ4n) is 4.73. The minimum absolute atomic E-state index is 0.500. The molecule has 0 saturated carbocycles. The van der Waals surface area contributed by atoms with Crippen molar-refractivity contribution in [1.82, 2.24) is 4.90 Å². The molecule has 5 unspecified atom stereocenters. The molecule has 3 fully saturated rings. The molecule has 0 aliphatic carbocycles. The van der Waals surface area contributed by atoms with E-state index in [9.17, 15) is 0 Å². The van der Waals surface area contributed by atoms with Crippen LogP contribution in [0.1, 0.15) is 50.7 Å². The summed E-state index contributed by atoms with van der Waals surface area (Å²) >= 11 is 0. The van der Waals surface area contributed by atoms with Gasteiger partial charge in [0.15, 0.2) is 0 Å². The standard InChI is InChI=1S/C17H25N/c1-12-7-5-6-8-15(12)16-14(3)18-10-9-17(16,4)11-13(18)2/h5-8,13-14,16H,9-11H2,1-4H3. The van der Waals surface area contributed by atoms with Gasteiger partial charge in [-0.25, -0.2) is 0 Å². The number of rotatable bonds is 1. The van der Waals surface area contributed by atoms with Crippen molar-refractivity contribution in [3.05, 3.63) is 35.4 Å². The molecule has 0 N–H and O–H groups in total. The molecule has 0 radical (unpaired) electrons. The third kappa shape index (κ3) is 1.64. The fourth-order valence-corrected chi connectivity index (χ4v) is 4.73. The molecule has 1 heteroatoms. The van der Waals surface area contributed by atoms with E-state index in [0.717, 1.165) is 6.04 Å². The Morgan fingerprint density at radius 1 is 1.22 bits per heavy atom. The van der Waals surface area contributed by atoms with E-state index in [1.54, 1.807) is 5.56 Å². The summed E-state index contributed by atoms with van der Waals surface area (Å²) in [5, 5.41) is 0. The highest BCUT2D eigenvalue weighted by atomic mass is 15.2. The van der Waals surface area contributed by atoms with Crippen LogP contribution in [0.3, 0.4) is 0 Å². The number of fused-ring (bicyclic) bond motifs is 3. The highest BCUT2D eigenvalue weighted by Crippen LogP contribution is 2.54. The van der Waals surface area contributed by atoms with Crippen LogP contribution in [0.15, 0.2) is 24.3 Å². The molecule has 3 saturated heterocycles. The summed E-state index contributed by atoms with van der Waals surface area (Å²) in [5.74, 6) is 0.712. The van der Waals surface area contributed by atoms with Crippen molar-refractivity contribution in [1.29, 1.82) is 0 Å². The van der Waals surface area contributed by atoms with Crippen molar-refractivity contribution in [2.24, 2.45) is 5.41 Å². The van der Waals surface area contributed by atoms with Crippen LogP contribution < -0.4 is 0 Å². The minimum atomic E-state index is 0.500. The number of piperidine rings is 3. The van der Waals surface area contributed by atoms with Gasteiger partial charge in [0.1, 0.15) is 0 Å². The topological polar surface area (TPSA) is 3.24 Å². The van der Waals surface area contributed by atoms with E-state index < -0.39 is 0 Å². The lowest BCUT2D eigenvalue weighted by atomic mass is 9.58. The van der Waals surface area contributed by atoms with Gasteiger partial charge < -0.3 is 0 Å². The Balaban J connectivity index is 2.05. The second kappa shape index (κ2) is 4.09. The molecule has 3 aliphatic rings. The molecular weight excluding hydrogens is 218 g/mol. The fraction of sp³-hybridized carbons (Fsp3) is 0.647. The maximum Gasteiger partial charge on any atom is 0.0144 e. The lowest BCUT2D eigenvalue weighted by molar-refractivity contribution is -0.0624. The Hall–Kier alpha value is -0.820. The van der Waals surface area contributed by atoms with Gasteiger partial charge in [-0.05, 0) is 56.7 Å². The predicted molar refractivity (Wildman–Crippen MR) is 76.9 cm³/mol. The first-order valence-electron chi connectivity index (χ1n) is 7.34. The first kappa shape index (κ1) is 12.2. The lowest BCUT2D eigenvalue weighted by Gasteiger charge is -2.59. The first-order valence-corrected chi connectivity index (χ1v) is 7.34.